The number of benzene rings is 1. The zero-order valence-electron chi connectivity index (χ0n) is 13.7. The van der Waals surface area contributed by atoms with Gasteiger partial charge >= 0.3 is 0 Å². The van der Waals surface area contributed by atoms with E-state index in [2.05, 4.69) is 0 Å². The summed E-state index contributed by atoms with van der Waals surface area (Å²) in [6.45, 7) is 0.427. The number of pyridine rings is 1. The Labute approximate surface area is 149 Å². The molecule has 3 aromatic heterocycles. The minimum Gasteiger partial charge on any atom is -0.467 e. The van der Waals surface area contributed by atoms with Crippen LogP contribution in [-0.4, -0.2) is 22.8 Å². The zero-order chi connectivity index (χ0) is 17.2. The third-order valence-corrected chi connectivity index (χ3v) is 4.93. The highest BCUT2D eigenvalue weighted by atomic mass is 32.1. The normalized spacial score (nSPS) is 10.9. The molecule has 4 rings (SSSR count). The summed E-state index contributed by atoms with van der Waals surface area (Å²) in [7, 11) is 1.78. The molecular formula is C20H16N2O2S. The van der Waals surface area contributed by atoms with E-state index in [1.54, 1.807) is 29.5 Å². The number of carbonyl (C=O) groups excluding carboxylic acids is 1. The zero-order valence-corrected chi connectivity index (χ0v) is 14.5. The van der Waals surface area contributed by atoms with E-state index >= 15 is 0 Å². The second-order valence-corrected chi connectivity index (χ2v) is 6.74. The fraction of sp³-hybridized carbons (Fsp3) is 0.100. The molecule has 0 bridgehead atoms. The number of para-hydroxylation sites is 1. The Morgan fingerprint density at radius 2 is 2.04 bits per heavy atom. The van der Waals surface area contributed by atoms with Gasteiger partial charge in [-0.25, -0.2) is 4.98 Å². The van der Waals surface area contributed by atoms with Gasteiger partial charge in [-0.1, -0.05) is 24.3 Å². The van der Waals surface area contributed by atoms with Crippen LogP contribution in [0.1, 0.15) is 16.1 Å². The molecule has 0 spiro atoms. The summed E-state index contributed by atoms with van der Waals surface area (Å²) in [5.41, 5.74) is 2.30. The maximum Gasteiger partial charge on any atom is 0.254 e. The van der Waals surface area contributed by atoms with Gasteiger partial charge in [0.2, 0.25) is 0 Å². The number of hydrogen-bond acceptors (Lipinski definition) is 4. The van der Waals surface area contributed by atoms with Gasteiger partial charge in [0.15, 0.2) is 0 Å². The van der Waals surface area contributed by atoms with Crippen LogP contribution >= 0.6 is 11.3 Å². The molecule has 0 saturated carbocycles. The number of furan rings is 1. The van der Waals surface area contributed by atoms with Crippen LogP contribution in [0.2, 0.25) is 0 Å². The van der Waals surface area contributed by atoms with E-state index in [1.165, 1.54) is 0 Å². The number of hydrogen-bond donors (Lipinski definition) is 0. The highest BCUT2D eigenvalue weighted by Crippen LogP contribution is 2.28. The van der Waals surface area contributed by atoms with Crippen molar-refractivity contribution < 1.29 is 9.21 Å². The third-order valence-electron chi connectivity index (χ3n) is 4.04. The number of thiophene rings is 1. The molecule has 0 saturated heterocycles. The lowest BCUT2D eigenvalue weighted by molar-refractivity contribution is 0.0777. The van der Waals surface area contributed by atoms with E-state index < -0.39 is 0 Å². The average molecular weight is 348 g/mol. The highest BCUT2D eigenvalue weighted by molar-refractivity contribution is 7.13. The quantitative estimate of drug-likeness (QED) is 0.531. The van der Waals surface area contributed by atoms with Gasteiger partial charge < -0.3 is 9.32 Å². The predicted molar refractivity (Wildman–Crippen MR) is 99.6 cm³/mol. The Balaban J connectivity index is 1.78. The second-order valence-electron chi connectivity index (χ2n) is 5.79. The molecule has 1 amide bonds. The van der Waals surface area contributed by atoms with Gasteiger partial charge in [0, 0.05) is 12.4 Å². The molecule has 0 N–H and O–H groups in total. The van der Waals surface area contributed by atoms with E-state index in [0.29, 0.717) is 12.1 Å². The molecule has 4 nitrogen and oxygen atoms in total. The van der Waals surface area contributed by atoms with Crippen molar-refractivity contribution in [1.29, 1.82) is 0 Å². The predicted octanol–water partition coefficient (Wildman–Crippen LogP) is 4.83. The Morgan fingerprint density at radius 3 is 2.80 bits per heavy atom. The Morgan fingerprint density at radius 1 is 1.16 bits per heavy atom. The fourth-order valence-electron chi connectivity index (χ4n) is 2.82. The van der Waals surface area contributed by atoms with Gasteiger partial charge in [-0.3, -0.25) is 4.79 Å². The first kappa shape index (κ1) is 15.6. The molecule has 0 unspecified atom stereocenters. The Bertz CT molecular complexity index is 1010. The molecule has 25 heavy (non-hydrogen) atoms. The van der Waals surface area contributed by atoms with Crippen molar-refractivity contribution in [3.05, 3.63) is 77.6 Å². The van der Waals surface area contributed by atoms with E-state index in [0.717, 1.165) is 27.2 Å². The van der Waals surface area contributed by atoms with Crippen LogP contribution < -0.4 is 0 Å². The van der Waals surface area contributed by atoms with Crippen LogP contribution in [0.5, 0.6) is 0 Å². The van der Waals surface area contributed by atoms with Crippen molar-refractivity contribution in [1.82, 2.24) is 9.88 Å². The van der Waals surface area contributed by atoms with Gasteiger partial charge in [-0.15, -0.1) is 11.3 Å². The number of fused-ring (bicyclic) bond motifs is 1. The van der Waals surface area contributed by atoms with Crippen molar-refractivity contribution in [3.63, 3.8) is 0 Å². The number of rotatable bonds is 4. The highest BCUT2D eigenvalue weighted by Gasteiger charge is 2.18. The maximum atomic E-state index is 13.1. The summed E-state index contributed by atoms with van der Waals surface area (Å²) < 4.78 is 5.36. The number of aromatic nitrogens is 1. The summed E-state index contributed by atoms with van der Waals surface area (Å²) in [6, 6.07) is 17.3. The minimum absolute atomic E-state index is 0.0483. The van der Waals surface area contributed by atoms with Crippen LogP contribution in [0.3, 0.4) is 0 Å². The smallest absolute Gasteiger partial charge is 0.254 e. The lowest BCUT2D eigenvalue weighted by Gasteiger charge is -2.17. The summed E-state index contributed by atoms with van der Waals surface area (Å²) in [5, 5.41) is 2.87. The molecule has 4 aromatic rings. The lowest BCUT2D eigenvalue weighted by Crippen LogP contribution is -2.26. The van der Waals surface area contributed by atoms with Crippen molar-refractivity contribution >= 4 is 28.1 Å². The van der Waals surface area contributed by atoms with Crippen LogP contribution in [0, 0.1) is 0 Å². The summed E-state index contributed by atoms with van der Waals surface area (Å²) >= 11 is 1.61. The first-order valence-electron chi connectivity index (χ1n) is 7.94. The molecule has 1 aromatic carbocycles. The van der Waals surface area contributed by atoms with Crippen molar-refractivity contribution in [2.24, 2.45) is 0 Å². The topological polar surface area (TPSA) is 46.3 Å². The third kappa shape index (κ3) is 3.06. The van der Waals surface area contributed by atoms with E-state index in [4.69, 9.17) is 9.40 Å². The monoisotopic (exact) mass is 348 g/mol. The second kappa shape index (κ2) is 6.53. The van der Waals surface area contributed by atoms with Crippen LogP contribution in [0.25, 0.3) is 21.5 Å². The van der Waals surface area contributed by atoms with E-state index in [-0.39, 0.29) is 5.91 Å². The van der Waals surface area contributed by atoms with Gasteiger partial charge in [0.05, 0.1) is 34.5 Å². The Hall–Kier alpha value is -2.92. The molecule has 0 radical (unpaired) electrons. The average Bonchev–Trinajstić information content (AvgIpc) is 3.34. The molecule has 0 aliphatic carbocycles. The molecule has 0 aliphatic heterocycles. The Kier molecular flexibility index (Phi) is 4.07. The molecule has 0 atom stereocenters. The number of nitrogens with zero attached hydrogens (tertiary/aromatic N) is 2. The SMILES string of the molecule is CN(Cc1ccco1)C(=O)c1cc(-c2cccs2)nc2ccccc12. The first-order valence-corrected chi connectivity index (χ1v) is 8.82. The van der Waals surface area contributed by atoms with E-state index in [1.807, 2.05) is 60.0 Å². The van der Waals surface area contributed by atoms with Crippen molar-refractivity contribution in [2.75, 3.05) is 7.05 Å². The lowest BCUT2D eigenvalue weighted by atomic mass is 10.1. The molecule has 124 valence electrons. The summed E-state index contributed by atoms with van der Waals surface area (Å²) in [6.07, 6.45) is 1.62. The van der Waals surface area contributed by atoms with Gasteiger partial charge in [0.1, 0.15) is 5.76 Å². The van der Waals surface area contributed by atoms with Crippen LogP contribution in [0.15, 0.2) is 70.7 Å². The summed E-state index contributed by atoms with van der Waals surface area (Å²) in [4.78, 5) is 20.5. The number of carbonyl (C=O) groups is 1. The van der Waals surface area contributed by atoms with Gasteiger partial charge in [0.25, 0.3) is 5.91 Å². The van der Waals surface area contributed by atoms with Gasteiger partial charge in [-0.2, -0.15) is 0 Å². The molecule has 0 fully saturated rings. The maximum absolute atomic E-state index is 13.1. The first-order chi connectivity index (χ1) is 12.2. The van der Waals surface area contributed by atoms with Crippen molar-refractivity contribution in [2.45, 2.75) is 6.54 Å². The largest absolute Gasteiger partial charge is 0.467 e. The molecule has 0 aliphatic rings. The van der Waals surface area contributed by atoms with Crippen LogP contribution in [0.4, 0.5) is 0 Å². The molecule has 3 heterocycles. The minimum atomic E-state index is -0.0483. The summed E-state index contributed by atoms with van der Waals surface area (Å²) in [5.74, 6) is 0.709. The standard InChI is InChI=1S/C20H16N2O2S/c1-22(13-14-6-4-10-24-14)20(23)16-12-18(19-9-5-11-25-19)21-17-8-3-2-7-15(16)17/h2-12H,13H2,1H3. The fourth-order valence-corrected chi connectivity index (χ4v) is 3.50. The van der Waals surface area contributed by atoms with Gasteiger partial charge in [-0.05, 0) is 35.7 Å². The van der Waals surface area contributed by atoms with E-state index in [9.17, 15) is 4.79 Å². The number of amides is 1. The van der Waals surface area contributed by atoms with Crippen molar-refractivity contribution in [3.8, 4) is 10.6 Å². The van der Waals surface area contributed by atoms with Crippen LogP contribution in [-0.2, 0) is 6.54 Å². The molecular weight excluding hydrogens is 332 g/mol. The molecule has 5 heteroatoms.